The van der Waals surface area contributed by atoms with E-state index in [4.69, 9.17) is 4.74 Å². The number of carbonyl (C=O) groups is 1. The molecule has 1 amide bonds. The molecular weight excluding hydrogens is 415 g/mol. The topological polar surface area (TPSA) is 51.2 Å². The minimum atomic E-state index is -0.0492. The van der Waals surface area contributed by atoms with Gasteiger partial charge >= 0.3 is 0 Å². The summed E-state index contributed by atoms with van der Waals surface area (Å²) in [6, 6.07) is 17.3. The van der Waals surface area contributed by atoms with Crippen LogP contribution in [0.4, 0.5) is 0 Å². The first-order chi connectivity index (χ1) is 11.8. The average molecular weight is 432 g/mol. The third-order valence-corrected chi connectivity index (χ3v) is 4.52. The Labute approximate surface area is 154 Å². The zero-order valence-corrected chi connectivity index (χ0v) is 15.2. The van der Waals surface area contributed by atoms with Crippen LogP contribution in [0.1, 0.15) is 16.8 Å². The van der Waals surface area contributed by atoms with Crippen LogP contribution in [-0.4, -0.2) is 24.0 Å². The highest BCUT2D eigenvalue weighted by molar-refractivity contribution is 14.1. The summed E-state index contributed by atoms with van der Waals surface area (Å²) in [5, 5.41) is 3.98. The van der Waals surface area contributed by atoms with Crippen LogP contribution >= 0.6 is 22.6 Å². The number of aromatic nitrogens is 1. The quantitative estimate of drug-likeness (QED) is 0.473. The van der Waals surface area contributed by atoms with E-state index in [0.717, 1.165) is 26.6 Å². The van der Waals surface area contributed by atoms with Crippen molar-refractivity contribution in [3.63, 3.8) is 0 Å². The Hall–Kier alpha value is -2.15. The second kappa shape index (κ2) is 8.10. The summed E-state index contributed by atoms with van der Waals surface area (Å²) in [5.41, 5.74) is 1.57. The first kappa shape index (κ1) is 16.7. The number of hydrogen-bond donors (Lipinski definition) is 1. The Morgan fingerprint density at radius 2 is 1.92 bits per heavy atom. The second-order valence-electron chi connectivity index (χ2n) is 5.27. The van der Waals surface area contributed by atoms with Gasteiger partial charge in [0.15, 0.2) is 0 Å². The first-order valence-corrected chi connectivity index (χ1v) is 8.83. The third kappa shape index (κ3) is 4.03. The van der Waals surface area contributed by atoms with Crippen molar-refractivity contribution in [3.05, 3.63) is 69.9 Å². The lowest BCUT2D eigenvalue weighted by atomic mass is 10.2. The molecule has 0 atom stereocenters. The number of ether oxygens (including phenoxy) is 1. The summed E-state index contributed by atoms with van der Waals surface area (Å²) >= 11 is 2.17. The van der Waals surface area contributed by atoms with Crippen LogP contribution in [-0.2, 0) is 0 Å². The molecule has 0 aliphatic rings. The lowest BCUT2D eigenvalue weighted by Gasteiger charge is -2.09. The Morgan fingerprint density at radius 1 is 1.08 bits per heavy atom. The summed E-state index contributed by atoms with van der Waals surface area (Å²) in [5.74, 6) is 0.726. The molecule has 0 fully saturated rings. The number of pyridine rings is 1. The van der Waals surface area contributed by atoms with E-state index in [2.05, 4.69) is 32.9 Å². The monoisotopic (exact) mass is 432 g/mol. The van der Waals surface area contributed by atoms with Gasteiger partial charge in [0.25, 0.3) is 5.91 Å². The molecule has 2 aromatic carbocycles. The lowest BCUT2D eigenvalue weighted by molar-refractivity contribution is 0.0950. The molecule has 0 aliphatic heterocycles. The van der Waals surface area contributed by atoms with Crippen molar-refractivity contribution in [2.75, 3.05) is 13.2 Å². The lowest BCUT2D eigenvalue weighted by Crippen LogP contribution is -2.26. The fourth-order valence-corrected chi connectivity index (χ4v) is 3.02. The normalized spacial score (nSPS) is 10.5. The van der Waals surface area contributed by atoms with Gasteiger partial charge in [0.1, 0.15) is 11.3 Å². The number of amides is 1. The van der Waals surface area contributed by atoms with Crippen molar-refractivity contribution in [2.45, 2.75) is 6.42 Å². The van der Waals surface area contributed by atoms with Crippen LogP contribution in [0.15, 0.2) is 60.8 Å². The van der Waals surface area contributed by atoms with Gasteiger partial charge in [-0.3, -0.25) is 9.78 Å². The number of hydrogen-bond acceptors (Lipinski definition) is 3. The number of carbonyl (C=O) groups excluding carboxylic acids is 1. The average Bonchev–Trinajstić information content (AvgIpc) is 2.62. The fourth-order valence-electron chi connectivity index (χ4n) is 2.39. The van der Waals surface area contributed by atoms with E-state index in [1.54, 1.807) is 6.20 Å². The fraction of sp³-hybridized carbons (Fsp3) is 0.158. The molecule has 4 nitrogen and oxygen atoms in total. The van der Waals surface area contributed by atoms with Crippen molar-refractivity contribution in [2.24, 2.45) is 0 Å². The highest BCUT2D eigenvalue weighted by atomic mass is 127. The van der Waals surface area contributed by atoms with Crippen LogP contribution in [0.2, 0.25) is 0 Å². The molecule has 5 heteroatoms. The molecule has 0 saturated heterocycles. The van der Waals surface area contributed by atoms with Crippen molar-refractivity contribution in [3.8, 4) is 5.75 Å². The van der Waals surface area contributed by atoms with Crippen LogP contribution in [0.5, 0.6) is 5.75 Å². The molecule has 1 N–H and O–H groups in total. The van der Waals surface area contributed by atoms with Crippen LogP contribution in [0, 0.1) is 3.57 Å². The zero-order valence-electron chi connectivity index (χ0n) is 13.0. The maximum absolute atomic E-state index is 12.1. The summed E-state index contributed by atoms with van der Waals surface area (Å²) in [6.45, 7) is 1.10. The van der Waals surface area contributed by atoms with Gasteiger partial charge in [-0.05, 0) is 53.3 Å². The van der Waals surface area contributed by atoms with Crippen LogP contribution in [0.25, 0.3) is 10.9 Å². The Balaban J connectivity index is 1.49. The molecule has 0 unspecified atom stereocenters. The third-order valence-electron chi connectivity index (χ3n) is 3.58. The molecular formula is C19H17IN2O2. The van der Waals surface area contributed by atoms with Crippen LogP contribution < -0.4 is 10.1 Å². The van der Waals surface area contributed by atoms with Gasteiger partial charge in [0, 0.05) is 21.7 Å². The van der Waals surface area contributed by atoms with Crippen molar-refractivity contribution in [1.29, 1.82) is 0 Å². The van der Waals surface area contributed by atoms with Crippen molar-refractivity contribution in [1.82, 2.24) is 10.3 Å². The van der Waals surface area contributed by atoms with Gasteiger partial charge < -0.3 is 10.1 Å². The maximum atomic E-state index is 12.1. The van der Waals surface area contributed by atoms with E-state index in [9.17, 15) is 4.79 Å². The molecule has 0 radical (unpaired) electrons. The van der Waals surface area contributed by atoms with E-state index >= 15 is 0 Å². The molecule has 3 aromatic rings. The van der Waals surface area contributed by atoms with E-state index < -0.39 is 0 Å². The predicted octanol–water partition coefficient (Wildman–Crippen LogP) is 4.04. The van der Waals surface area contributed by atoms with E-state index in [1.807, 2.05) is 54.6 Å². The summed E-state index contributed by atoms with van der Waals surface area (Å²) in [4.78, 5) is 16.5. The molecule has 1 aromatic heterocycles. The second-order valence-corrected chi connectivity index (χ2v) is 6.43. The van der Waals surface area contributed by atoms with Gasteiger partial charge in [-0.25, -0.2) is 0 Å². The van der Waals surface area contributed by atoms with Gasteiger partial charge in [-0.15, -0.1) is 0 Å². The Morgan fingerprint density at radius 3 is 2.79 bits per heavy atom. The van der Waals surface area contributed by atoms with Gasteiger partial charge in [0.2, 0.25) is 0 Å². The molecule has 0 spiro atoms. The largest absolute Gasteiger partial charge is 0.491 e. The maximum Gasteiger partial charge on any atom is 0.252 e. The number of fused-ring (bicyclic) bond motifs is 1. The van der Waals surface area contributed by atoms with Gasteiger partial charge in [-0.2, -0.15) is 0 Å². The molecule has 0 bridgehead atoms. The molecule has 0 aliphatic carbocycles. The number of halogens is 1. The molecule has 122 valence electrons. The van der Waals surface area contributed by atoms with Gasteiger partial charge in [-0.1, -0.05) is 30.3 Å². The molecule has 1 heterocycles. The highest BCUT2D eigenvalue weighted by Gasteiger charge is 2.08. The highest BCUT2D eigenvalue weighted by Crippen LogP contribution is 2.22. The number of rotatable bonds is 6. The van der Waals surface area contributed by atoms with E-state index in [1.165, 1.54) is 0 Å². The summed E-state index contributed by atoms with van der Waals surface area (Å²) in [6.07, 6.45) is 2.50. The Bertz CT molecular complexity index is 846. The number of para-hydroxylation sites is 1. The minimum Gasteiger partial charge on any atom is -0.491 e. The minimum absolute atomic E-state index is 0.0492. The number of benzene rings is 2. The summed E-state index contributed by atoms with van der Waals surface area (Å²) in [7, 11) is 0. The van der Waals surface area contributed by atoms with Crippen molar-refractivity contribution < 1.29 is 9.53 Å². The number of nitrogens with one attached hydrogen (secondary N) is 1. The molecule has 0 saturated carbocycles. The summed E-state index contributed by atoms with van der Waals surface area (Å²) < 4.78 is 6.76. The SMILES string of the molecule is O=C(NCCCOc1cccc2cccnc12)c1ccccc1I. The molecule has 3 rings (SSSR count). The number of nitrogens with zero attached hydrogens (tertiary/aromatic N) is 1. The smallest absolute Gasteiger partial charge is 0.252 e. The predicted molar refractivity (Wildman–Crippen MR) is 103 cm³/mol. The van der Waals surface area contributed by atoms with E-state index in [-0.39, 0.29) is 5.91 Å². The zero-order chi connectivity index (χ0) is 16.8. The molecule has 24 heavy (non-hydrogen) atoms. The first-order valence-electron chi connectivity index (χ1n) is 7.75. The van der Waals surface area contributed by atoms with Crippen LogP contribution in [0.3, 0.4) is 0 Å². The van der Waals surface area contributed by atoms with Gasteiger partial charge in [0.05, 0.1) is 12.2 Å². The van der Waals surface area contributed by atoms with E-state index in [0.29, 0.717) is 18.7 Å². The van der Waals surface area contributed by atoms with Crippen molar-refractivity contribution >= 4 is 39.4 Å². The standard InChI is InChI=1S/C19H17IN2O2/c20-16-9-2-1-8-15(16)19(23)22-12-5-13-24-17-10-3-6-14-7-4-11-21-18(14)17/h1-4,6-11H,5,12-13H2,(H,22,23). The Kier molecular flexibility index (Phi) is 5.63.